The summed E-state index contributed by atoms with van der Waals surface area (Å²) in [7, 11) is -2.87. The van der Waals surface area contributed by atoms with E-state index in [4.69, 9.17) is 10.5 Å². The van der Waals surface area contributed by atoms with E-state index in [0.717, 1.165) is 6.42 Å². The Morgan fingerprint density at radius 3 is 2.38 bits per heavy atom. The maximum absolute atomic E-state index is 11.5. The third kappa shape index (κ3) is 4.03. The topological polar surface area (TPSA) is 69.4 Å². The highest BCUT2D eigenvalue weighted by molar-refractivity contribution is 7.91. The zero-order chi connectivity index (χ0) is 12.4. The molecule has 0 aromatic carbocycles. The Bertz CT molecular complexity index is 332. The van der Waals surface area contributed by atoms with Crippen molar-refractivity contribution in [1.82, 2.24) is 0 Å². The summed E-state index contributed by atoms with van der Waals surface area (Å²) in [6.45, 7) is 6.99. The van der Waals surface area contributed by atoms with E-state index in [0.29, 0.717) is 19.6 Å². The van der Waals surface area contributed by atoms with Crippen molar-refractivity contribution in [1.29, 1.82) is 0 Å². The maximum Gasteiger partial charge on any atom is 0.150 e. The molecule has 1 fully saturated rings. The van der Waals surface area contributed by atoms with Crippen molar-refractivity contribution in [3.8, 4) is 0 Å². The van der Waals surface area contributed by atoms with E-state index in [-0.39, 0.29) is 22.5 Å². The van der Waals surface area contributed by atoms with Gasteiger partial charge in [-0.3, -0.25) is 0 Å². The number of sulfone groups is 1. The van der Waals surface area contributed by atoms with Gasteiger partial charge in [0.1, 0.15) is 0 Å². The molecule has 1 unspecified atom stereocenters. The minimum absolute atomic E-state index is 0.173. The maximum atomic E-state index is 11.5. The molecule has 0 amide bonds. The monoisotopic (exact) mass is 249 g/mol. The minimum atomic E-state index is -2.87. The lowest BCUT2D eigenvalue weighted by Gasteiger charge is -2.28. The minimum Gasteiger partial charge on any atom is -0.376 e. The van der Waals surface area contributed by atoms with Gasteiger partial charge in [-0.1, -0.05) is 0 Å². The molecule has 1 atom stereocenters. The molecule has 0 aromatic rings. The molecule has 2 N–H and O–H groups in total. The number of hydrogen-bond acceptors (Lipinski definition) is 4. The number of rotatable bonds is 4. The van der Waals surface area contributed by atoms with Crippen molar-refractivity contribution >= 4 is 9.84 Å². The molecule has 16 heavy (non-hydrogen) atoms. The largest absolute Gasteiger partial charge is 0.376 e. The summed E-state index contributed by atoms with van der Waals surface area (Å²) in [6.07, 6.45) is 1.42. The van der Waals surface area contributed by atoms with Gasteiger partial charge in [0.15, 0.2) is 9.84 Å². The van der Waals surface area contributed by atoms with Gasteiger partial charge in [-0.05, 0) is 45.6 Å². The molecule has 0 radical (unpaired) electrons. The molecule has 0 aliphatic carbocycles. The van der Waals surface area contributed by atoms with Gasteiger partial charge >= 0.3 is 0 Å². The predicted molar refractivity (Wildman–Crippen MR) is 65.1 cm³/mol. The Kier molecular flexibility index (Phi) is 4.03. The average molecular weight is 249 g/mol. The summed E-state index contributed by atoms with van der Waals surface area (Å²) >= 11 is 0. The van der Waals surface area contributed by atoms with E-state index in [1.165, 1.54) is 0 Å². The SMILES string of the molecule is CC(C)(C)OCCC1(CN)CCS(=O)(=O)C1. The Hall–Kier alpha value is -0.130. The fourth-order valence-electron chi connectivity index (χ4n) is 2.02. The third-order valence-corrected chi connectivity index (χ3v) is 4.95. The molecule has 0 saturated carbocycles. The second kappa shape index (κ2) is 4.63. The van der Waals surface area contributed by atoms with Gasteiger partial charge in [0.2, 0.25) is 0 Å². The molecule has 4 nitrogen and oxygen atoms in total. The molecule has 0 aromatic heterocycles. The van der Waals surface area contributed by atoms with Crippen molar-refractivity contribution in [3.05, 3.63) is 0 Å². The first-order valence-electron chi connectivity index (χ1n) is 5.73. The highest BCUT2D eigenvalue weighted by Gasteiger charge is 2.40. The van der Waals surface area contributed by atoms with Gasteiger partial charge in [0.25, 0.3) is 0 Å². The van der Waals surface area contributed by atoms with E-state index in [2.05, 4.69) is 0 Å². The Labute approximate surface area is 98.5 Å². The van der Waals surface area contributed by atoms with E-state index >= 15 is 0 Å². The van der Waals surface area contributed by atoms with E-state index in [9.17, 15) is 8.42 Å². The zero-order valence-electron chi connectivity index (χ0n) is 10.5. The van der Waals surface area contributed by atoms with Gasteiger partial charge in [0, 0.05) is 6.61 Å². The zero-order valence-corrected chi connectivity index (χ0v) is 11.3. The second-order valence-corrected chi connectivity index (χ2v) is 7.94. The first kappa shape index (κ1) is 13.9. The van der Waals surface area contributed by atoms with Gasteiger partial charge in [-0.2, -0.15) is 0 Å². The normalized spacial score (nSPS) is 29.5. The lowest BCUT2D eigenvalue weighted by molar-refractivity contribution is -0.0156. The Morgan fingerprint density at radius 2 is 2.00 bits per heavy atom. The van der Waals surface area contributed by atoms with E-state index < -0.39 is 9.84 Å². The van der Waals surface area contributed by atoms with Crippen LogP contribution in [0.15, 0.2) is 0 Å². The quantitative estimate of drug-likeness (QED) is 0.805. The van der Waals surface area contributed by atoms with Crippen molar-refractivity contribution in [2.45, 2.75) is 39.2 Å². The molecule has 1 aliphatic heterocycles. The van der Waals surface area contributed by atoms with Gasteiger partial charge < -0.3 is 10.5 Å². The fraction of sp³-hybridized carbons (Fsp3) is 1.00. The van der Waals surface area contributed by atoms with Gasteiger partial charge in [-0.15, -0.1) is 0 Å². The molecule has 5 heteroatoms. The van der Waals surface area contributed by atoms with Crippen molar-refractivity contribution in [3.63, 3.8) is 0 Å². The lowest BCUT2D eigenvalue weighted by atomic mass is 9.84. The van der Waals surface area contributed by atoms with Crippen LogP contribution in [-0.2, 0) is 14.6 Å². The highest BCUT2D eigenvalue weighted by Crippen LogP contribution is 2.34. The summed E-state index contributed by atoms with van der Waals surface area (Å²) in [4.78, 5) is 0. The summed E-state index contributed by atoms with van der Waals surface area (Å²) in [5.74, 6) is 0.504. The molecule has 1 aliphatic rings. The van der Waals surface area contributed by atoms with E-state index in [1.54, 1.807) is 0 Å². The van der Waals surface area contributed by atoms with Crippen molar-refractivity contribution < 1.29 is 13.2 Å². The van der Waals surface area contributed by atoms with Crippen LogP contribution in [0.2, 0.25) is 0 Å². The lowest BCUT2D eigenvalue weighted by Crippen LogP contribution is -2.34. The van der Waals surface area contributed by atoms with Gasteiger partial charge in [-0.25, -0.2) is 8.42 Å². The molecule has 0 spiro atoms. The van der Waals surface area contributed by atoms with Crippen LogP contribution in [0.1, 0.15) is 33.6 Å². The smallest absolute Gasteiger partial charge is 0.150 e. The molecule has 96 valence electrons. The summed E-state index contributed by atoms with van der Waals surface area (Å²) in [5.41, 5.74) is 5.30. The van der Waals surface area contributed by atoms with Crippen LogP contribution in [0, 0.1) is 5.41 Å². The van der Waals surface area contributed by atoms with Crippen LogP contribution in [0.25, 0.3) is 0 Å². The number of ether oxygens (including phenoxy) is 1. The van der Waals surface area contributed by atoms with Crippen LogP contribution < -0.4 is 5.73 Å². The van der Waals surface area contributed by atoms with Crippen molar-refractivity contribution in [2.75, 3.05) is 24.7 Å². The standard InChI is InChI=1S/C11H23NO3S/c1-10(2,3)15-6-4-11(8-12)5-7-16(13,14)9-11/h4-9,12H2,1-3H3. The second-order valence-electron chi connectivity index (χ2n) is 5.76. The van der Waals surface area contributed by atoms with Crippen LogP contribution in [0.4, 0.5) is 0 Å². The number of nitrogens with two attached hydrogens (primary N) is 1. The summed E-state index contributed by atoms with van der Waals surface area (Å²) in [6, 6.07) is 0. The first-order valence-corrected chi connectivity index (χ1v) is 7.55. The number of hydrogen-bond donors (Lipinski definition) is 1. The highest BCUT2D eigenvalue weighted by atomic mass is 32.2. The van der Waals surface area contributed by atoms with E-state index in [1.807, 2.05) is 20.8 Å². The fourth-order valence-corrected chi connectivity index (χ4v) is 4.24. The first-order chi connectivity index (χ1) is 7.18. The Morgan fingerprint density at radius 1 is 1.38 bits per heavy atom. The molecular weight excluding hydrogens is 226 g/mol. The summed E-state index contributed by atoms with van der Waals surface area (Å²) < 4.78 is 28.6. The third-order valence-electron chi connectivity index (χ3n) is 3.07. The van der Waals surface area contributed by atoms with Crippen LogP contribution in [0.5, 0.6) is 0 Å². The van der Waals surface area contributed by atoms with Crippen LogP contribution in [0.3, 0.4) is 0 Å². The molecular formula is C11H23NO3S. The van der Waals surface area contributed by atoms with Gasteiger partial charge in [0.05, 0.1) is 17.1 Å². The molecule has 1 heterocycles. The summed E-state index contributed by atoms with van der Waals surface area (Å²) in [5, 5.41) is 0. The van der Waals surface area contributed by atoms with Crippen molar-refractivity contribution in [2.24, 2.45) is 11.1 Å². The Balaban J connectivity index is 2.51. The van der Waals surface area contributed by atoms with Crippen LogP contribution in [-0.4, -0.2) is 38.7 Å². The molecule has 1 saturated heterocycles. The predicted octanol–water partition coefficient (Wildman–Crippen LogP) is 0.955. The molecule has 1 rings (SSSR count). The molecule has 0 bridgehead atoms. The van der Waals surface area contributed by atoms with Crippen LogP contribution >= 0.6 is 0 Å². The average Bonchev–Trinajstić information content (AvgIpc) is 2.41.